The zero-order chi connectivity index (χ0) is 15.5. The van der Waals surface area contributed by atoms with Gasteiger partial charge in [-0.15, -0.1) is 0 Å². The fraction of sp³-hybridized carbons (Fsp3) is 0.571. The number of hydrogen-bond donors (Lipinski definition) is 1. The molecule has 1 atom stereocenters. The first-order valence-electron chi connectivity index (χ1n) is 6.98. The van der Waals surface area contributed by atoms with Gasteiger partial charge in [0, 0.05) is 31.7 Å². The first-order valence-corrected chi connectivity index (χ1v) is 8.83. The highest BCUT2D eigenvalue weighted by Crippen LogP contribution is 2.18. The zero-order valence-electron chi connectivity index (χ0n) is 12.1. The number of aliphatic hydroxyl groups excluding tert-OH is 1. The van der Waals surface area contributed by atoms with Crippen LogP contribution < -0.4 is 0 Å². The Bertz CT molecular complexity index is 579. The number of aliphatic hydroxyl groups is 1. The SMILES string of the molecule is CS(=O)(=O)N1CCCN(CC(O)c2ccccc2F)CC1. The van der Waals surface area contributed by atoms with Gasteiger partial charge in [-0.05, 0) is 19.0 Å². The molecule has 1 fully saturated rings. The summed E-state index contributed by atoms with van der Waals surface area (Å²) in [5.74, 6) is -0.419. The fourth-order valence-corrected chi connectivity index (χ4v) is 3.42. The summed E-state index contributed by atoms with van der Waals surface area (Å²) < 4.78 is 38.2. The summed E-state index contributed by atoms with van der Waals surface area (Å²) in [5, 5.41) is 10.2. The number of rotatable bonds is 4. The summed E-state index contributed by atoms with van der Waals surface area (Å²) in [6.45, 7) is 2.43. The van der Waals surface area contributed by atoms with E-state index >= 15 is 0 Å². The molecule has 5 nitrogen and oxygen atoms in total. The lowest BCUT2D eigenvalue weighted by Crippen LogP contribution is -2.35. The third kappa shape index (κ3) is 4.47. The summed E-state index contributed by atoms with van der Waals surface area (Å²) in [6.07, 6.45) is 1.00. The van der Waals surface area contributed by atoms with Gasteiger partial charge in [-0.1, -0.05) is 18.2 Å². The molecule has 0 saturated carbocycles. The molecule has 1 heterocycles. The van der Waals surface area contributed by atoms with Crippen molar-refractivity contribution in [1.82, 2.24) is 9.21 Å². The van der Waals surface area contributed by atoms with Crippen molar-refractivity contribution in [2.75, 3.05) is 39.0 Å². The molecule has 1 aromatic rings. The lowest BCUT2D eigenvalue weighted by molar-refractivity contribution is 0.113. The maximum Gasteiger partial charge on any atom is 0.211 e. The van der Waals surface area contributed by atoms with Crippen molar-refractivity contribution >= 4 is 10.0 Å². The van der Waals surface area contributed by atoms with Crippen LogP contribution in [0.3, 0.4) is 0 Å². The Balaban J connectivity index is 1.96. The molecular weight excluding hydrogens is 295 g/mol. The molecule has 0 bridgehead atoms. The van der Waals surface area contributed by atoms with E-state index in [-0.39, 0.29) is 5.56 Å². The molecule has 0 amide bonds. The number of hydrogen-bond acceptors (Lipinski definition) is 4. The van der Waals surface area contributed by atoms with Crippen molar-refractivity contribution in [3.05, 3.63) is 35.6 Å². The van der Waals surface area contributed by atoms with Crippen molar-refractivity contribution < 1.29 is 17.9 Å². The minimum atomic E-state index is -3.18. The highest BCUT2D eigenvalue weighted by atomic mass is 32.2. The highest BCUT2D eigenvalue weighted by Gasteiger charge is 2.23. The van der Waals surface area contributed by atoms with Gasteiger partial charge in [0.15, 0.2) is 0 Å². The van der Waals surface area contributed by atoms with Gasteiger partial charge in [0.05, 0.1) is 12.4 Å². The fourth-order valence-electron chi connectivity index (χ4n) is 2.55. The van der Waals surface area contributed by atoms with Gasteiger partial charge < -0.3 is 5.11 Å². The van der Waals surface area contributed by atoms with Gasteiger partial charge in [0.1, 0.15) is 5.82 Å². The monoisotopic (exact) mass is 316 g/mol. The Hall–Kier alpha value is -1.02. The van der Waals surface area contributed by atoms with E-state index in [4.69, 9.17) is 0 Å². The summed E-state index contributed by atoms with van der Waals surface area (Å²) in [6, 6.07) is 6.17. The second-order valence-electron chi connectivity index (χ2n) is 5.35. The molecule has 1 aromatic carbocycles. The molecule has 7 heteroatoms. The lowest BCUT2D eigenvalue weighted by Gasteiger charge is -2.23. The minimum Gasteiger partial charge on any atom is -0.387 e. The maximum absolute atomic E-state index is 13.6. The van der Waals surface area contributed by atoms with E-state index in [1.54, 1.807) is 18.2 Å². The molecule has 1 N–H and O–H groups in total. The molecule has 118 valence electrons. The third-order valence-corrected chi connectivity index (χ3v) is 5.02. The van der Waals surface area contributed by atoms with Crippen molar-refractivity contribution in [2.24, 2.45) is 0 Å². The van der Waals surface area contributed by atoms with E-state index in [1.165, 1.54) is 16.6 Å². The van der Waals surface area contributed by atoms with E-state index in [0.717, 1.165) is 0 Å². The normalized spacial score (nSPS) is 20.1. The van der Waals surface area contributed by atoms with Crippen LogP contribution >= 0.6 is 0 Å². The summed E-state index contributed by atoms with van der Waals surface area (Å²) in [5.41, 5.74) is 0.279. The largest absolute Gasteiger partial charge is 0.387 e. The summed E-state index contributed by atoms with van der Waals surface area (Å²) in [7, 11) is -3.18. The average Bonchev–Trinajstić information content (AvgIpc) is 2.64. The smallest absolute Gasteiger partial charge is 0.211 e. The second-order valence-corrected chi connectivity index (χ2v) is 7.34. The number of sulfonamides is 1. The minimum absolute atomic E-state index is 0.279. The van der Waals surface area contributed by atoms with Crippen LogP contribution in [0, 0.1) is 5.82 Å². The van der Waals surface area contributed by atoms with E-state index in [2.05, 4.69) is 0 Å². The molecule has 0 aliphatic carbocycles. The van der Waals surface area contributed by atoms with Gasteiger partial charge in [-0.3, -0.25) is 4.90 Å². The quantitative estimate of drug-likeness (QED) is 0.894. The zero-order valence-corrected chi connectivity index (χ0v) is 12.9. The van der Waals surface area contributed by atoms with Gasteiger partial charge >= 0.3 is 0 Å². The van der Waals surface area contributed by atoms with E-state index in [1.807, 2.05) is 4.90 Å². The Labute approximate surface area is 125 Å². The van der Waals surface area contributed by atoms with Crippen LogP contribution in [-0.2, 0) is 10.0 Å². The first-order chi connectivity index (χ1) is 9.88. The Morgan fingerprint density at radius 2 is 1.95 bits per heavy atom. The molecule has 0 spiro atoms. The van der Waals surface area contributed by atoms with Crippen LogP contribution in [0.2, 0.25) is 0 Å². The van der Waals surface area contributed by atoms with Gasteiger partial charge in [0.25, 0.3) is 0 Å². The molecule has 1 saturated heterocycles. The Kier molecular flexibility index (Phi) is 5.32. The standard InChI is InChI=1S/C14H21FN2O3S/c1-21(19,20)17-8-4-7-16(9-10-17)11-14(18)12-5-2-3-6-13(12)15/h2-3,5-6,14,18H,4,7-11H2,1H3. The predicted octanol–water partition coefficient (Wildman–Crippen LogP) is 0.826. The molecule has 21 heavy (non-hydrogen) atoms. The average molecular weight is 316 g/mol. The van der Waals surface area contributed by atoms with E-state index < -0.39 is 21.9 Å². The third-order valence-electron chi connectivity index (χ3n) is 3.71. The number of benzene rings is 1. The van der Waals surface area contributed by atoms with Crippen molar-refractivity contribution in [1.29, 1.82) is 0 Å². The summed E-state index contributed by atoms with van der Waals surface area (Å²) >= 11 is 0. The highest BCUT2D eigenvalue weighted by molar-refractivity contribution is 7.88. The molecule has 0 radical (unpaired) electrons. The molecule has 1 unspecified atom stereocenters. The van der Waals surface area contributed by atoms with Gasteiger partial charge in [-0.2, -0.15) is 0 Å². The lowest BCUT2D eigenvalue weighted by atomic mass is 10.1. The predicted molar refractivity (Wildman–Crippen MR) is 78.8 cm³/mol. The van der Waals surface area contributed by atoms with Gasteiger partial charge in [0.2, 0.25) is 10.0 Å². The Morgan fingerprint density at radius 3 is 2.62 bits per heavy atom. The van der Waals surface area contributed by atoms with Crippen LogP contribution in [0.1, 0.15) is 18.1 Å². The van der Waals surface area contributed by atoms with Crippen LogP contribution in [0.4, 0.5) is 4.39 Å². The molecule has 2 rings (SSSR count). The van der Waals surface area contributed by atoms with Crippen molar-refractivity contribution in [3.8, 4) is 0 Å². The van der Waals surface area contributed by atoms with Gasteiger partial charge in [-0.25, -0.2) is 17.1 Å². The molecule has 1 aliphatic rings. The van der Waals surface area contributed by atoms with Crippen LogP contribution in [0.5, 0.6) is 0 Å². The maximum atomic E-state index is 13.6. The topological polar surface area (TPSA) is 60.9 Å². The van der Waals surface area contributed by atoms with Crippen molar-refractivity contribution in [3.63, 3.8) is 0 Å². The van der Waals surface area contributed by atoms with E-state index in [0.29, 0.717) is 39.1 Å². The van der Waals surface area contributed by atoms with Crippen molar-refractivity contribution in [2.45, 2.75) is 12.5 Å². The number of β-amino-alcohol motifs (C(OH)–C–C–N with tert-alkyl or cyclic N) is 1. The molecule has 0 aromatic heterocycles. The molecule has 1 aliphatic heterocycles. The number of nitrogens with zero attached hydrogens (tertiary/aromatic N) is 2. The Morgan fingerprint density at radius 1 is 1.24 bits per heavy atom. The molecular formula is C14H21FN2O3S. The second kappa shape index (κ2) is 6.83. The van der Waals surface area contributed by atoms with Crippen LogP contribution in [0.25, 0.3) is 0 Å². The van der Waals surface area contributed by atoms with Crippen LogP contribution in [-0.4, -0.2) is 61.7 Å². The first kappa shape index (κ1) is 16.4. The van der Waals surface area contributed by atoms with Crippen LogP contribution in [0.15, 0.2) is 24.3 Å². The number of halogens is 1. The van der Waals surface area contributed by atoms with E-state index in [9.17, 15) is 17.9 Å². The summed E-state index contributed by atoms with van der Waals surface area (Å²) in [4.78, 5) is 1.97.